The Morgan fingerprint density at radius 2 is 2.29 bits per heavy atom. The molecule has 2 unspecified atom stereocenters. The van der Waals surface area contributed by atoms with Gasteiger partial charge < -0.3 is 14.1 Å². The van der Waals surface area contributed by atoms with Crippen molar-refractivity contribution in [2.75, 3.05) is 19.0 Å². The minimum atomic E-state index is -0.179. The van der Waals surface area contributed by atoms with Gasteiger partial charge in [0.25, 0.3) is 5.91 Å². The second-order valence-electron chi connectivity index (χ2n) is 4.04. The minimum Gasteiger partial charge on any atom is -0.440 e. The van der Waals surface area contributed by atoms with E-state index in [4.69, 9.17) is 32.4 Å². The van der Waals surface area contributed by atoms with Gasteiger partial charge in [-0.1, -0.05) is 0 Å². The predicted molar refractivity (Wildman–Crippen MR) is 64.7 cm³/mol. The van der Waals surface area contributed by atoms with Crippen molar-refractivity contribution in [1.82, 2.24) is 4.90 Å². The molecule has 17 heavy (non-hydrogen) atoms. The molecule has 4 nitrogen and oxygen atoms in total. The van der Waals surface area contributed by atoms with Crippen molar-refractivity contribution in [3.63, 3.8) is 0 Å². The molecule has 2 heterocycles. The van der Waals surface area contributed by atoms with Crippen molar-refractivity contribution >= 4 is 29.1 Å². The van der Waals surface area contributed by atoms with Gasteiger partial charge in [0.05, 0.1) is 18.1 Å². The number of hydrogen-bond acceptors (Lipinski definition) is 3. The number of halogens is 2. The van der Waals surface area contributed by atoms with E-state index in [2.05, 4.69) is 0 Å². The summed E-state index contributed by atoms with van der Waals surface area (Å²) in [6.45, 7) is 2.92. The highest BCUT2D eigenvalue weighted by Crippen LogP contribution is 2.18. The average molecular weight is 278 g/mol. The Morgan fingerprint density at radius 3 is 2.88 bits per heavy atom. The van der Waals surface area contributed by atoms with Crippen molar-refractivity contribution in [3.8, 4) is 0 Å². The lowest BCUT2D eigenvalue weighted by Gasteiger charge is -2.35. The zero-order chi connectivity index (χ0) is 12.4. The molecular weight excluding hydrogens is 265 g/mol. The molecule has 1 saturated heterocycles. The van der Waals surface area contributed by atoms with E-state index in [0.717, 1.165) is 0 Å². The smallest absolute Gasteiger partial charge is 0.289 e. The van der Waals surface area contributed by atoms with Gasteiger partial charge in [-0.2, -0.15) is 0 Å². The summed E-state index contributed by atoms with van der Waals surface area (Å²) in [7, 11) is 0. The molecule has 0 spiro atoms. The third-order valence-electron chi connectivity index (χ3n) is 2.57. The molecule has 94 valence electrons. The summed E-state index contributed by atoms with van der Waals surface area (Å²) in [4.78, 5) is 13.8. The monoisotopic (exact) mass is 277 g/mol. The molecule has 1 aromatic rings. The van der Waals surface area contributed by atoms with E-state index in [9.17, 15) is 4.79 Å². The molecule has 0 bridgehead atoms. The summed E-state index contributed by atoms with van der Waals surface area (Å²) in [5, 5.41) is 0.212. The van der Waals surface area contributed by atoms with Gasteiger partial charge in [0, 0.05) is 13.1 Å². The Morgan fingerprint density at radius 1 is 1.53 bits per heavy atom. The van der Waals surface area contributed by atoms with Crippen molar-refractivity contribution in [2.45, 2.75) is 19.1 Å². The highest BCUT2D eigenvalue weighted by molar-refractivity contribution is 6.29. The molecule has 6 heteroatoms. The zero-order valence-electron chi connectivity index (χ0n) is 9.36. The summed E-state index contributed by atoms with van der Waals surface area (Å²) in [5.41, 5.74) is 0. The molecule has 0 N–H and O–H groups in total. The van der Waals surface area contributed by atoms with E-state index in [1.807, 2.05) is 6.92 Å². The van der Waals surface area contributed by atoms with E-state index in [0.29, 0.717) is 19.0 Å². The molecule has 1 aromatic heterocycles. The molecular formula is C11H13Cl2NO3. The Balaban J connectivity index is 2.08. The lowest BCUT2D eigenvalue weighted by atomic mass is 10.2. The van der Waals surface area contributed by atoms with Crippen molar-refractivity contribution < 1.29 is 13.9 Å². The summed E-state index contributed by atoms with van der Waals surface area (Å²) in [5.74, 6) is 0.437. The molecule has 0 saturated carbocycles. The van der Waals surface area contributed by atoms with Crippen LogP contribution in [0.25, 0.3) is 0 Å². The molecule has 2 rings (SSSR count). The second kappa shape index (κ2) is 5.29. The summed E-state index contributed by atoms with van der Waals surface area (Å²) < 4.78 is 10.7. The number of carbonyl (C=O) groups excluding carboxylic acids is 1. The molecule has 1 aliphatic rings. The predicted octanol–water partition coefficient (Wildman–Crippen LogP) is 2.40. The van der Waals surface area contributed by atoms with Crippen LogP contribution in [-0.2, 0) is 4.74 Å². The summed E-state index contributed by atoms with van der Waals surface area (Å²) >= 11 is 11.4. The van der Waals surface area contributed by atoms with Crippen LogP contribution in [0.3, 0.4) is 0 Å². The standard InChI is InChI=1S/C11H13Cl2NO3/c1-7-5-14(6-8(4-12)16-7)11(15)9-2-3-10(13)17-9/h2-3,7-8H,4-6H2,1H3. The third kappa shape index (κ3) is 2.94. The first-order chi connectivity index (χ1) is 8.10. The number of rotatable bonds is 2. The molecule has 1 aliphatic heterocycles. The van der Waals surface area contributed by atoms with Crippen LogP contribution < -0.4 is 0 Å². The summed E-state index contributed by atoms with van der Waals surface area (Å²) in [6.07, 6.45) is -0.156. The second-order valence-corrected chi connectivity index (χ2v) is 4.72. The Hall–Kier alpha value is -0.710. The fraction of sp³-hybridized carbons (Fsp3) is 0.545. The van der Waals surface area contributed by atoms with Crippen LogP contribution in [0.15, 0.2) is 16.5 Å². The first-order valence-corrected chi connectivity index (χ1v) is 6.27. The van der Waals surface area contributed by atoms with Gasteiger partial charge in [0.15, 0.2) is 11.0 Å². The first kappa shape index (κ1) is 12.7. The van der Waals surface area contributed by atoms with Crippen molar-refractivity contribution in [3.05, 3.63) is 23.1 Å². The molecule has 0 aromatic carbocycles. The number of carbonyl (C=O) groups is 1. The molecule has 0 radical (unpaired) electrons. The van der Waals surface area contributed by atoms with E-state index in [1.54, 1.807) is 17.0 Å². The lowest BCUT2D eigenvalue weighted by molar-refractivity contribution is -0.0576. The van der Waals surface area contributed by atoms with E-state index >= 15 is 0 Å². The number of morpholine rings is 1. The topological polar surface area (TPSA) is 42.7 Å². The number of hydrogen-bond donors (Lipinski definition) is 0. The molecule has 2 atom stereocenters. The number of furan rings is 1. The fourth-order valence-electron chi connectivity index (χ4n) is 1.88. The summed E-state index contributed by atoms with van der Waals surface area (Å²) in [6, 6.07) is 3.12. The third-order valence-corrected chi connectivity index (χ3v) is 3.12. The number of amides is 1. The quantitative estimate of drug-likeness (QED) is 0.780. The maximum Gasteiger partial charge on any atom is 0.289 e. The fourth-order valence-corrected chi connectivity index (χ4v) is 2.20. The van der Waals surface area contributed by atoms with Crippen LogP contribution in [0, 0.1) is 0 Å². The average Bonchev–Trinajstić information content (AvgIpc) is 2.74. The van der Waals surface area contributed by atoms with Crippen LogP contribution in [0.2, 0.25) is 5.22 Å². The zero-order valence-corrected chi connectivity index (χ0v) is 10.9. The number of nitrogens with zero attached hydrogens (tertiary/aromatic N) is 1. The van der Waals surface area contributed by atoms with Crippen molar-refractivity contribution in [2.24, 2.45) is 0 Å². The van der Waals surface area contributed by atoms with Gasteiger partial charge >= 0.3 is 0 Å². The largest absolute Gasteiger partial charge is 0.440 e. The van der Waals surface area contributed by atoms with E-state index in [1.165, 1.54) is 0 Å². The van der Waals surface area contributed by atoms with Crippen LogP contribution in [-0.4, -0.2) is 42.0 Å². The number of ether oxygens (including phenoxy) is 1. The SMILES string of the molecule is CC1CN(C(=O)c2ccc(Cl)o2)CC(CCl)O1. The lowest BCUT2D eigenvalue weighted by Crippen LogP contribution is -2.49. The number of alkyl halides is 1. The maximum absolute atomic E-state index is 12.1. The Bertz CT molecular complexity index is 407. The highest BCUT2D eigenvalue weighted by Gasteiger charge is 2.29. The highest BCUT2D eigenvalue weighted by atomic mass is 35.5. The van der Waals surface area contributed by atoms with Gasteiger partial charge in [0.2, 0.25) is 0 Å². The van der Waals surface area contributed by atoms with Gasteiger partial charge in [-0.05, 0) is 30.7 Å². The van der Waals surface area contributed by atoms with Crippen molar-refractivity contribution in [1.29, 1.82) is 0 Å². The van der Waals surface area contributed by atoms with Crippen LogP contribution in [0.5, 0.6) is 0 Å². The van der Waals surface area contributed by atoms with Gasteiger partial charge in [-0.15, -0.1) is 11.6 Å². The van der Waals surface area contributed by atoms with Crippen LogP contribution in [0.4, 0.5) is 0 Å². The van der Waals surface area contributed by atoms with Gasteiger partial charge in [-0.25, -0.2) is 0 Å². The van der Waals surface area contributed by atoms with Crippen LogP contribution >= 0.6 is 23.2 Å². The first-order valence-electron chi connectivity index (χ1n) is 5.36. The normalized spacial score (nSPS) is 25.0. The molecule has 1 amide bonds. The van der Waals surface area contributed by atoms with E-state index in [-0.39, 0.29) is 29.1 Å². The Labute approximate surface area is 109 Å². The minimum absolute atomic E-state index is 0.0260. The van der Waals surface area contributed by atoms with Gasteiger partial charge in [0.1, 0.15) is 0 Å². The maximum atomic E-state index is 12.1. The van der Waals surface area contributed by atoms with Crippen LogP contribution in [0.1, 0.15) is 17.5 Å². The van der Waals surface area contributed by atoms with E-state index < -0.39 is 0 Å². The molecule has 1 fully saturated rings. The van der Waals surface area contributed by atoms with Gasteiger partial charge in [-0.3, -0.25) is 4.79 Å². The Kier molecular flexibility index (Phi) is 3.97. The molecule has 0 aliphatic carbocycles.